The van der Waals surface area contributed by atoms with Crippen LogP contribution in [0.2, 0.25) is 0 Å². The molecule has 2 aromatic carbocycles. The van der Waals surface area contributed by atoms with Crippen LogP contribution in [0.25, 0.3) is 0 Å². The number of para-hydroxylation sites is 1. The summed E-state index contributed by atoms with van der Waals surface area (Å²) in [5, 5.41) is 23.2. The Morgan fingerprint density at radius 2 is 1.82 bits per heavy atom. The quantitative estimate of drug-likeness (QED) is 0.557. The van der Waals surface area contributed by atoms with Crippen LogP contribution in [0.5, 0.6) is 11.5 Å². The third kappa shape index (κ3) is 2.85. The number of aryl methyl sites for hydroxylation is 1. The zero-order valence-corrected chi connectivity index (χ0v) is 13.2. The minimum atomic E-state index is -0.0848. The Labute approximate surface area is 135 Å². The van der Waals surface area contributed by atoms with Crippen molar-refractivity contribution in [3.8, 4) is 11.5 Å². The molecular formula is C17H18N2O2S. The summed E-state index contributed by atoms with van der Waals surface area (Å²) >= 11 is 5.51. The molecule has 2 aromatic rings. The molecule has 3 rings (SSSR count). The lowest BCUT2D eigenvalue weighted by Crippen LogP contribution is -2.38. The molecule has 3 N–H and O–H groups in total. The number of thiocarbonyl (C=S) groups is 1. The van der Waals surface area contributed by atoms with E-state index in [1.807, 2.05) is 31.2 Å². The van der Waals surface area contributed by atoms with Crippen molar-refractivity contribution >= 4 is 23.0 Å². The van der Waals surface area contributed by atoms with Crippen molar-refractivity contribution < 1.29 is 10.2 Å². The summed E-state index contributed by atoms with van der Waals surface area (Å²) in [5.74, 6) is -0.147. The van der Waals surface area contributed by atoms with E-state index in [-0.39, 0.29) is 11.5 Å². The van der Waals surface area contributed by atoms with Crippen molar-refractivity contribution in [1.82, 2.24) is 4.90 Å². The van der Waals surface area contributed by atoms with Gasteiger partial charge in [0.1, 0.15) is 0 Å². The number of aromatic hydroxyl groups is 2. The van der Waals surface area contributed by atoms with E-state index in [1.165, 1.54) is 0 Å². The largest absolute Gasteiger partial charge is 0.504 e. The zero-order valence-electron chi connectivity index (χ0n) is 12.3. The van der Waals surface area contributed by atoms with Gasteiger partial charge in [-0.1, -0.05) is 18.2 Å². The van der Waals surface area contributed by atoms with E-state index in [1.54, 1.807) is 12.1 Å². The highest BCUT2D eigenvalue weighted by Crippen LogP contribution is 2.31. The van der Waals surface area contributed by atoms with Gasteiger partial charge in [-0.25, -0.2) is 0 Å². The first-order valence-corrected chi connectivity index (χ1v) is 7.60. The molecule has 1 heterocycles. The first kappa shape index (κ1) is 14.7. The van der Waals surface area contributed by atoms with Crippen LogP contribution in [0.15, 0.2) is 36.4 Å². The Bertz CT molecular complexity index is 731. The molecular weight excluding hydrogens is 296 g/mol. The lowest BCUT2D eigenvalue weighted by Gasteiger charge is -2.31. The van der Waals surface area contributed by atoms with Crippen molar-refractivity contribution in [2.45, 2.75) is 19.9 Å². The Kier molecular flexibility index (Phi) is 3.90. The second-order valence-corrected chi connectivity index (χ2v) is 5.91. The van der Waals surface area contributed by atoms with Gasteiger partial charge < -0.3 is 20.4 Å². The highest BCUT2D eigenvalue weighted by atomic mass is 32.1. The zero-order chi connectivity index (χ0) is 15.7. The Morgan fingerprint density at radius 1 is 1.14 bits per heavy atom. The number of nitrogens with one attached hydrogen (secondary N) is 1. The van der Waals surface area contributed by atoms with Gasteiger partial charge in [0.15, 0.2) is 16.6 Å². The molecule has 114 valence electrons. The SMILES string of the molecule is Cc1ccccc1NC(=S)N1CCc2cc(O)c(O)cc2C1. The van der Waals surface area contributed by atoms with Crippen molar-refractivity contribution in [2.24, 2.45) is 0 Å². The number of anilines is 1. The lowest BCUT2D eigenvalue weighted by atomic mass is 9.99. The molecule has 22 heavy (non-hydrogen) atoms. The summed E-state index contributed by atoms with van der Waals surface area (Å²) in [6, 6.07) is 11.3. The maximum Gasteiger partial charge on any atom is 0.173 e. The average Bonchev–Trinajstić information content (AvgIpc) is 2.50. The minimum absolute atomic E-state index is 0.0622. The van der Waals surface area contributed by atoms with Gasteiger partial charge in [-0.3, -0.25) is 0 Å². The monoisotopic (exact) mass is 314 g/mol. The van der Waals surface area contributed by atoms with E-state index in [0.717, 1.165) is 35.3 Å². The summed E-state index contributed by atoms with van der Waals surface area (Å²) in [6.45, 7) is 3.45. The average molecular weight is 314 g/mol. The molecule has 0 saturated heterocycles. The van der Waals surface area contributed by atoms with Gasteiger partial charge in [0.05, 0.1) is 0 Å². The number of nitrogens with zero attached hydrogens (tertiary/aromatic N) is 1. The van der Waals surface area contributed by atoms with Crippen LogP contribution < -0.4 is 5.32 Å². The summed E-state index contributed by atoms with van der Waals surface area (Å²) < 4.78 is 0. The molecule has 0 bridgehead atoms. The summed E-state index contributed by atoms with van der Waals surface area (Å²) in [7, 11) is 0. The van der Waals surface area contributed by atoms with Gasteiger partial charge in [0.25, 0.3) is 0 Å². The van der Waals surface area contributed by atoms with Crippen LogP contribution in [0.1, 0.15) is 16.7 Å². The highest BCUT2D eigenvalue weighted by Gasteiger charge is 2.20. The van der Waals surface area contributed by atoms with Crippen molar-refractivity contribution in [1.29, 1.82) is 0 Å². The van der Waals surface area contributed by atoms with Gasteiger partial charge in [-0.05, 0) is 60.5 Å². The number of rotatable bonds is 1. The predicted molar refractivity (Wildman–Crippen MR) is 91.3 cm³/mol. The molecule has 0 fully saturated rings. The molecule has 1 aliphatic rings. The first-order chi connectivity index (χ1) is 10.5. The highest BCUT2D eigenvalue weighted by molar-refractivity contribution is 7.80. The van der Waals surface area contributed by atoms with E-state index in [4.69, 9.17) is 12.2 Å². The van der Waals surface area contributed by atoms with E-state index in [0.29, 0.717) is 11.7 Å². The fourth-order valence-corrected chi connectivity index (χ4v) is 2.93. The molecule has 5 heteroatoms. The molecule has 0 unspecified atom stereocenters. The third-order valence-electron chi connectivity index (χ3n) is 3.98. The van der Waals surface area contributed by atoms with Crippen molar-refractivity contribution in [2.75, 3.05) is 11.9 Å². The number of fused-ring (bicyclic) bond motifs is 1. The molecule has 0 spiro atoms. The van der Waals surface area contributed by atoms with E-state index >= 15 is 0 Å². The third-order valence-corrected chi connectivity index (χ3v) is 4.34. The Morgan fingerprint density at radius 3 is 2.55 bits per heavy atom. The molecule has 0 aliphatic carbocycles. The number of phenolic OH excluding ortho intramolecular Hbond substituents is 2. The lowest BCUT2D eigenvalue weighted by molar-refractivity contribution is 0.382. The molecule has 0 radical (unpaired) electrons. The maximum absolute atomic E-state index is 9.65. The molecule has 0 atom stereocenters. The van der Waals surface area contributed by atoms with Gasteiger partial charge in [0, 0.05) is 18.8 Å². The van der Waals surface area contributed by atoms with Crippen LogP contribution in [0.4, 0.5) is 5.69 Å². The Hall–Kier alpha value is -2.27. The predicted octanol–water partition coefficient (Wildman–Crippen LogP) is 3.16. The van der Waals surface area contributed by atoms with Crippen molar-refractivity contribution in [3.63, 3.8) is 0 Å². The van der Waals surface area contributed by atoms with E-state index in [9.17, 15) is 10.2 Å². The van der Waals surface area contributed by atoms with Gasteiger partial charge in [0.2, 0.25) is 0 Å². The van der Waals surface area contributed by atoms with Gasteiger partial charge in [-0.15, -0.1) is 0 Å². The van der Waals surface area contributed by atoms with Gasteiger partial charge in [-0.2, -0.15) is 0 Å². The van der Waals surface area contributed by atoms with Crippen LogP contribution >= 0.6 is 12.2 Å². The standard InChI is InChI=1S/C17H18N2O2S/c1-11-4-2-3-5-14(11)18-17(22)19-7-6-12-8-15(20)16(21)9-13(12)10-19/h2-5,8-9,20-21H,6-7,10H2,1H3,(H,18,22). The molecule has 1 aliphatic heterocycles. The molecule has 4 nitrogen and oxygen atoms in total. The number of hydrogen-bond acceptors (Lipinski definition) is 3. The number of phenols is 2. The fourth-order valence-electron chi connectivity index (χ4n) is 2.66. The second kappa shape index (κ2) is 5.85. The molecule has 0 saturated carbocycles. The fraction of sp³-hybridized carbons (Fsp3) is 0.235. The Balaban J connectivity index is 1.75. The first-order valence-electron chi connectivity index (χ1n) is 7.20. The van der Waals surface area contributed by atoms with E-state index < -0.39 is 0 Å². The molecule has 0 aromatic heterocycles. The summed E-state index contributed by atoms with van der Waals surface area (Å²) in [6.07, 6.45) is 0.790. The van der Waals surface area contributed by atoms with Crippen LogP contribution in [-0.2, 0) is 13.0 Å². The maximum atomic E-state index is 9.65. The van der Waals surface area contributed by atoms with E-state index in [2.05, 4.69) is 10.2 Å². The topological polar surface area (TPSA) is 55.7 Å². The number of hydrogen-bond donors (Lipinski definition) is 3. The second-order valence-electron chi connectivity index (χ2n) is 5.53. The summed E-state index contributed by atoms with van der Waals surface area (Å²) in [4.78, 5) is 2.07. The van der Waals surface area contributed by atoms with Crippen LogP contribution in [-0.4, -0.2) is 26.8 Å². The van der Waals surface area contributed by atoms with Gasteiger partial charge >= 0.3 is 0 Å². The number of benzene rings is 2. The smallest absolute Gasteiger partial charge is 0.173 e. The normalized spacial score (nSPS) is 13.6. The minimum Gasteiger partial charge on any atom is -0.504 e. The van der Waals surface area contributed by atoms with Crippen LogP contribution in [0, 0.1) is 6.92 Å². The van der Waals surface area contributed by atoms with Crippen LogP contribution in [0.3, 0.4) is 0 Å². The van der Waals surface area contributed by atoms with Crippen molar-refractivity contribution in [3.05, 3.63) is 53.1 Å². The summed E-state index contributed by atoms with van der Waals surface area (Å²) in [5.41, 5.74) is 4.21. The molecule has 0 amide bonds.